The molecule has 8 nitrogen and oxygen atoms in total. The minimum Gasteiger partial charge on any atom is -0.298 e. The molecule has 1 atom stereocenters. The fraction of sp³-hybridized carbons (Fsp3) is 0.364. The van der Waals surface area contributed by atoms with Gasteiger partial charge in [-0.2, -0.15) is 4.98 Å². The molecule has 0 aliphatic carbocycles. The largest absolute Gasteiger partial charge is 0.333 e. The molecule has 0 radical (unpaired) electrons. The second-order valence-electron chi connectivity index (χ2n) is 8.02. The van der Waals surface area contributed by atoms with Gasteiger partial charge in [0.25, 0.3) is 5.56 Å². The van der Waals surface area contributed by atoms with Crippen molar-refractivity contribution < 1.29 is 4.79 Å². The van der Waals surface area contributed by atoms with Gasteiger partial charge in [-0.05, 0) is 58.7 Å². The molecule has 8 heteroatoms. The number of carbonyl (C=O) groups is 1. The molecule has 3 heterocycles. The molecule has 0 spiro atoms. The SMILES string of the molecule is CC(=O)[C@@H](C)n1c(=O)c2c(nc3n(-c4cc(C)ccc4C)c(C)c(C)n23)n(C)c1=O. The van der Waals surface area contributed by atoms with Crippen LogP contribution in [0.5, 0.6) is 0 Å². The Morgan fingerprint density at radius 2 is 1.73 bits per heavy atom. The number of aromatic nitrogens is 5. The van der Waals surface area contributed by atoms with Crippen molar-refractivity contribution in [1.82, 2.24) is 23.1 Å². The number of carbonyl (C=O) groups excluding carboxylic acids is 1. The zero-order valence-electron chi connectivity index (χ0n) is 18.3. The van der Waals surface area contributed by atoms with Gasteiger partial charge in [-0.15, -0.1) is 0 Å². The number of hydrogen-bond acceptors (Lipinski definition) is 4. The summed E-state index contributed by atoms with van der Waals surface area (Å²) in [6, 6.07) is 5.33. The van der Waals surface area contributed by atoms with Crippen LogP contribution in [0, 0.1) is 27.7 Å². The minimum absolute atomic E-state index is 0.254. The van der Waals surface area contributed by atoms with Crippen molar-refractivity contribution in [2.45, 2.75) is 47.6 Å². The third-order valence-electron chi connectivity index (χ3n) is 6.05. The summed E-state index contributed by atoms with van der Waals surface area (Å²) in [5.74, 6) is 0.309. The number of hydrogen-bond donors (Lipinski definition) is 0. The molecule has 4 aromatic rings. The van der Waals surface area contributed by atoms with Crippen LogP contribution in [-0.4, -0.2) is 28.9 Å². The first-order valence-electron chi connectivity index (χ1n) is 9.86. The Morgan fingerprint density at radius 1 is 1.07 bits per heavy atom. The normalized spacial score (nSPS) is 12.8. The third-order valence-corrected chi connectivity index (χ3v) is 6.05. The fourth-order valence-electron chi connectivity index (χ4n) is 3.99. The molecule has 0 aliphatic rings. The molecule has 156 valence electrons. The van der Waals surface area contributed by atoms with Crippen molar-refractivity contribution in [2.75, 3.05) is 0 Å². The van der Waals surface area contributed by atoms with E-state index >= 15 is 0 Å². The Bertz CT molecular complexity index is 1480. The van der Waals surface area contributed by atoms with E-state index in [0.29, 0.717) is 16.9 Å². The number of rotatable bonds is 3. The number of benzene rings is 1. The summed E-state index contributed by atoms with van der Waals surface area (Å²) >= 11 is 0. The van der Waals surface area contributed by atoms with Crippen LogP contribution >= 0.6 is 0 Å². The summed E-state index contributed by atoms with van der Waals surface area (Å²) in [4.78, 5) is 42.9. The van der Waals surface area contributed by atoms with Crippen molar-refractivity contribution >= 4 is 22.7 Å². The molecule has 0 amide bonds. The van der Waals surface area contributed by atoms with E-state index in [1.165, 1.54) is 11.5 Å². The lowest BCUT2D eigenvalue weighted by Gasteiger charge is -2.13. The van der Waals surface area contributed by atoms with Gasteiger partial charge in [0.05, 0.1) is 11.7 Å². The number of nitrogens with zero attached hydrogens (tertiary/aromatic N) is 5. The van der Waals surface area contributed by atoms with Crippen molar-refractivity contribution in [2.24, 2.45) is 7.05 Å². The van der Waals surface area contributed by atoms with Gasteiger partial charge >= 0.3 is 5.69 Å². The number of ketones is 1. The van der Waals surface area contributed by atoms with E-state index in [1.807, 2.05) is 32.3 Å². The predicted molar refractivity (Wildman–Crippen MR) is 116 cm³/mol. The van der Waals surface area contributed by atoms with Gasteiger partial charge in [0.2, 0.25) is 5.78 Å². The maximum atomic E-state index is 13.4. The first kappa shape index (κ1) is 19.9. The lowest BCUT2D eigenvalue weighted by Crippen LogP contribution is -2.42. The summed E-state index contributed by atoms with van der Waals surface area (Å²) in [7, 11) is 1.57. The molecule has 0 saturated heterocycles. The average molecular weight is 407 g/mol. The Morgan fingerprint density at radius 3 is 2.37 bits per heavy atom. The zero-order chi connectivity index (χ0) is 22.1. The van der Waals surface area contributed by atoms with E-state index in [2.05, 4.69) is 18.2 Å². The van der Waals surface area contributed by atoms with Gasteiger partial charge < -0.3 is 0 Å². The molecule has 30 heavy (non-hydrogen) atoms. The summed E-state index contributed by atoms with van der Waals surface area (Å²) < 4.78 is 6.16. The maximum Gasteiger partial charge on any atom is 0.333 e. The molecular weight excluding hydrogens is 382 g/mol. The molecule has 1 aromatic carbocycles. The van der Waals surface area contributed by atoms with Crippen LogP contribution in [0.2, 0.25) is 0 Å². The van der Waals surface area contributed by atoms with Gasteiger partial charge in [0.15, 0.2) is 16.9 Å². The van der Waals surface area contributed by atoms with Gasteiger partial charge in [-0.3, -0.25) is 23.1 Å². The van der Waals surface area contributed by atoms with E-state index in [9.17, 15) is 14.4 Å². The first-order valence-corrected chi connectivity index (χ1v) is 9.86. The highest BCUT2D eigenvalue weighted by molar-refractivity contribution is 5.81. The molecular formula is C22H25N5O3. The van der Waals surface area contributed by atoms with E-state index in [1.54, 1.807) is 18.4 Å². The minimum atomic E-state index is -0.853. The standard InChI is InChI=1S/C22H25N5O3/c1-11-8-9-12(2)17(10-11)25-13(3)14(4)26-18-19(23-21(25)26)24(7)22(30)27(20(18)29)15(5)16(6)28/h8-10,15H,1-7H3/t15-/m1/s1. The summed E-state index contributed by atoms with van der Waals surface area (Å²) in [5, 5.41) is 0. The van der Waals surface area contributed by atoms with Crippen molar-refractivity contribution in [3.8, 4) is 5.69 Å². The monoisotopic (exact) mass is 407 g/mol. The van der Waals surface area contributed by atoms with Crippen molar-refractivity contribution in [1.29, 1.82) is 0 Å². The number of aryl methyl sites for hydroxylation is 4. The van der Waals surface area contributed by atoms with Crippen LogP contribution in [-0.2, 0) is 11.8 Å². The molecule has 3 aromatic heterocycles. The van der Waals surface area contributed by atoms with E-state index in [4.69, 9.17) is 4.98 Å². The quantitative estimate of drug-likeness (QED) is 0.522. The maximum absolute atomic E-state index is 13.4. The van der Waals surface area contributed by atoms with Gasteiger partial charge in [-0.1, -0.05) is 12.1 Å². The molecule has 0 N–H and O–H groups in total. The molecule has 0 saturated carbocycles. The van der Waals surface area contributed by atoms with Crippen LogP contribution in [0.25, 0.3) is 22.6 Å². The van der Waals surface area contributed by atoms with Crippen LogP contribution in [0.3, 0.4) is 0 Å². The number of Topliss-reactive ketones (excluding diaryl/α,β-unsaturated/α-hetero) is 1. The fourth-order valence-corrected chi connectivity index (χ4v) is 3.99. The summed E-state index contributed by atoms with van der Waals surface area (Å²) in [5.41, 5.74) is 4.50. The molecule has 0 unspecified atom stereocenters. The van der Waals surface area contributed by atoms with Crippen LogP contribution in [0.4, 0.5) is 0 Å². The Balaban J connectivity index is 2.23. The summed E-state index contributed by atoms with van der Waals surface area (Å²) in [6.07, 6.45) is 0. The van der Waals surface area contributed by atoms with Crippen molar-refractivity contribution in [3.63, 3.8) is 0 Å². The highest BCUT2D eigenvalue weighted by Crippen LogP contribution is 2.27. The molecule has 0 aliphatic heterocycles. The Kier molecular flexibility index (Phi) is 4.34. The number of imidazole rings is 2. The second kappa shape index (κ2) is 6.55. The lowest BCUT2D eigenvalue weighted by molar-refractivity contribution is -0.119. The van der Waals surface area contributed by atoms with Gasteiger partial charge in [-0.25, -0.2) is 9.36 Å². The smallest absolute Gasteiger partial charge is 0.298 e. The molecule has 0 bridgehead atoms. The molecule has 0 fully saturated rings. The van der Waals surface area contributed by atoms with E-state index in [0.717, 1.165) is 32.8 Å². The van der Waals surface area contributed by atoms with Crippen LogP contribution in [0.15, 0.2) is 27.8 Å². The van der Waals surface area contributed by atoms with Crippen LogP contribution < -0.4 is 11.2 Å². The highest BCUT2D eigenvalue weighted by atomic mass is 16.2. The highest BCUT2D eigenvalue weighted by Gasteiger charge is 2.26. The lowest BCUT2D eigenvalue weighted by atomic mass is 10.1. The summed E-state index contributed by atoms with van der Waals surface area (Å²) in [6.45, 7) is 10.9. The number of fused-ring (bicyclic) bond motifs is 3. The van der Waals surface area contributed by atoms with Crippen LogP contribution in [0.1, 0.15) is 42.4 Å². The predicted octanol–water partition coefficient (Wildman–Crippen LogP) is 2.52. The molecule has 4 rings (SSSR count). The Labute approximate surface area is 173 Å². The Hall–Kier alpha value is -3.42. The zero-order valence-corrected chi connectivity index (χ0v) is 18.3. The topological polar surface area (TPSA) is 83.3 Å². The second-order valence-corrected chi connectivity index (χ2v) is 8.02. The third kappa shape index (κ3) is 2.52. The van der Waals surface area contributed by atoms with Crippen molar-refractivity contribution in [3.05, 3.63) is 61.6 Å². The van der Waals surface area contributed by atoms with E-state index in [-0.39, 0.29) is 5.78 Å². The van der Waals surface area contributed by atoms with E-state index < -0.39 is 17.3 Å². The first-order chi connectivity index (χ1) is 14.1. The van der Waals surface area contributed by atoms with Gasteiger partial charge in [0, 0.05) is 18.4 Å². The van der Waals surface area contributed by atoms with Gasteiger partial charge in [0.1, 0.15) is 0 Å². The average Bonchev–Trinajstić information content (AvgIpc) is 3.18.